The molecular formula is C9H11NO2. The van der Waals surface area contributed by atoms with E-state index in [1.807, 2.05) is 12.2 Å². The fraction of sp³-hybridized carbons (Fsp3) is 0.444. The minimum atomic E-state index is -0.765. The Morgan fingerprint density at radius 3 is 3.25 bits per heavy atom. The van der Waals surface area contributed by atoms with E-state index in [-0.39, 0.29) is 0 Å². The predicted octanol–water partition coefficient (Wildman–Crippen LogP) is 0.545. The average molecular weight is 165 g/mol. The van der Waals surface area contributed by atoms with Crippen LogP contribution in [0.15, 0.2) is 23.8 Å². The number of fused-ring (bicyclic) bond motifs is 1. The van der Waals surface area contributed by atoms with Gasteiger partial charge >= 0.3 is 5.97 Å². The molecule has 0 amide bonds. The molecule has 2 unspecified atom stereocenters. The Labute approximate surface area is 70.8 Å². The number of allylic oxidation sites excluding steroid dienone is 3. The molecule has 1 heterocycles. The molecule has 0 aromatic carbocycles. The molecule has 0 saturated carbocycles. The first-order valence-corrected chi connectivity index (χ1v) is 4.12. The van der Waals surface area contributed by atoms with Gasteiger partial charge in [0.25, 0.3) is 0 Å². The zero-order valence-electron chi connectivity index (χ0n) is 6.66. The Hall–Kier alpha value is -1.09. The second-order valence-electron chi connectivity index (χ2n) is 3.21. The van der Waals surface area contributed by atoms with Gasteiger partial charge in [0.15, 0.2) is 0 Å². The number of hydrogen-bond donors (Lipinski definition) is 2. The lowest BCUT2D eigenvalue weighted by Gasteiger charge is -2.13. The fourth-order valence-electron chi connectivity index (χ4n) is 1.84. The van der Waals surface area contributed by atoms with Crippen LogP contribution in [0.2, 0.25) is 0 Å². The van der Waals surface area contributed by atoms with Gasteiger partial charge in [-0.3, -0.25) is 4.79 Å². The zero-order chi connectivity index (χ0) is 8.55. The summed E-state index contributed by atoms with van der Waals surface area (Å²) >= 11 is 0. The summed E-state index contributed by atoms with van der Waals surface area (Å²) in [6.07, 6.45) is 6.92. The molecule has 0 aromatic rings. The van der Waals surface area contributed by atoms with Crippen molar-refractivity contribution in [1.29, 1.82) is 0 Å². The molecule has 0 radical (unpaired) electrons. The fourth-order valence-corrected chi connectivity index (χ4v) is 1.84. The Morgan fingerprint density at radius 2 is 2.50 bits per heavy atom. The first-order valence-electron chi connectivity index (χ1n) is 4.12. The first kappa shape index (κ1) is 7.55. The molecule has 2 rings (SSSR count). The standard InChI is InChI=1S/C9H11NO2/c11-9(12)8-7-4-2-1-3-6(7)5-10-8/h1-2,4,6,8,10H,3,5H2,(H,11,12). The molecule has 64 valence electrons. The topological polar surface area (TPSA) is 49.3 Å². The van der Waals surface area contributed by atoms with Crippen LogP contribution in [0.5, 0.6) is 0 Å². The molecule has 1 aliphatic carbocycles. The van der Waals surface area contributed by atoms with Crippen LogP contribution >= 0.6 is 0 Å². The maximum atomic E-state index is 10.7. The van der Waals surface area contributed by atoms with Crippen LogP contribution in [0.1, 0.15) is 6.42 Å². The predicted molar refractivity (Wildman–Crippen MR) is 44.8 cm³/mol. The molecule has 0 aromatic heterocycles. The quantitative estimate of drug-likeness (QED) is 0.596. The van der Waals surface area contributed by atoms with Gasteiger partial charge in [-0.25, -0.2) is 0 Å². The van der Waals surface area contributed by atoms with Crippen molar-refractivity contribution in [1.82, 2.24) is 5.32 Å². The highest BCUT2D eigenvalue weighted by Gasteiger charge is 2.34. The second-order valence-corrected chi connectivity index (χ2v) is 3.21. The third-order valence-corrected chi connectivity index (χ3v) is 2.47. The summed E-state index contributed by atoms with van der Waals surface area (Å²) in [5, 5.41) is 11.8. The third-order valence-electron chi connectivity index (χ3n) is 2.47. The Bertz CT molecular complexity index is 268. The Kier molecular flexibility index (Phi) is 1.73. The van der Waals surface area contributed by atoms with Gasteiger partial charge in [-0.1, -0.05) is 18.2 Å². The van der Waals surface area contributed by atoms with Crippen LogP contribution in [0.25, 0.3) is 0 Å². The van der Waals surface area contributed by atoms with E-state index < -0.39 is 12.0 Å². The van der Waals surface area contributed by atoms with Gasteiger partial charge in [0.1, 0.15) is 6.04 Å². The maximum Gasteiger partial charge on any atom is 0.325 e. The largest absolute Gasteiger partial charge is 0.480 e. The smallest absolute Gasteiger partial charge is 0.325 e. The lowest BCUT2D eigenvalue weighted by molar-refractivity contribution is -0.138. The molecular weight excluding hydrogens is 154 g/mol. The first-order chi connectivity index (χ1) is 5.79. The third kappa shape index (κ3) is 1.06. The summed E-state index contributed by atoms with van der Waals surface area (Å²) in [4.78, 5) is 10.7. The van der Waals surface area contributed by atoms with Crippen molar-refractivity contribution < 1.29 is 9.90 Å². The summed E-state index contributed by atoms with van der Waals surface area (Å²) in [5.41, 5.74) is 1.03. The van der Waals surface area contributed by atoms with Crippen LogP contribution in [0.4, 0.5) is 0 Å². The van der Waals surface area contributed by atoms with Crippen LogP contribution in [0, 0.1) is 5.92 Å². The van der Waals surface area contributed by atoms with E-state index in [0.717, 1.165) is 18.5 Å². The van der Waals surface area contributed by atoms with Gasteiger partial charge in [-0.2, -0.15) is 0 Å². The van der Waals surface area contributed by atoms with E-state index in [4.69, 9.17) is 5.11 Å². The van der Waals surface area contributed by atoms with Gasteiger partial charge in [-0.15, -0.1) is 0 Å². The lowest BCUT2D eigenvalue weighted by Crippen LogP contribution is -2.31. The van der Waals surface area contributed by atoms with E-state index in [0.29, 0.717) is 5.92 Å². The molecule has 1 saturated heterocycles. The van der Waals surface area contributed by atoms with Crippen LogP contribution in [-0.4, -0.2) is 23.7 Å². The Balaban J connectivity index is 2.25. The molecule has 3 heteroatoms. The van der Waals surface area contributed by atoms with Crippen molar-refractivity contribution in [3.8, 4) is 0 Å². The number of hydrogen-bond acceptors (Lipinski definition) is 2. The van der Waals surface area contributed by atoms with Gasteiger partial charge in [0.2, 0.25) is 0 Å². The summed E-state index contributed by atoms with van der Waals surface area (Å²) in [7, 11) is 0. The van der Waals surface area contributed by atoms with Gasteiger partial charge in [0.05, 0.1) is 0 Å². The monoisotopic (exact) mass is 165 g/mol. The summed E-state index contributed by atoms with van der Waals surface area (Å²) in [5.74, 6) is -0.352. The highest BCUT2D eigenvalue weighted by Crippen LogP contribution is 2.27. The number of nitrogens with one attached hydrogen (secondary N) is 1. The lowest BCUT2D eigenvalue weighted by atomic mass is 9.91. The number of aliphatic carboxylic acids is 1. The van der Waals surface area contributed by atoms with E-state index in [1.54, 1.807) is 0 Å². The van der Waals surface area contributed by atoms with Crippen LogP contribution in [-0.2, 0) is 4.79 Å². The molecule has 3 nitrogen and oxygen atoms in total. The summed E-state index contributed by atoms with van der Waals surface area (Å²) in [6, 6.07) is -0.444. The molecule has 0 bridgehead atoms. The minimum absolute atomic E-state index is 0.413. The van der Waals surface area contributed by atoms with Crippen LogP contribution in [0.3, 0.4) is 0 Å². The average Bonchev–Trinajstić information content (AvgIpc) is 2.47. The van der Waals surface area contributed by atoms with Crippen molar-refractivity contribution in [3.05, 3.63) is 23.8 Å². The molecule has 12 heavy (non-hydrogen) atoms. The van der Waals surface area contributed by atoms with Crippen molar-refractivity contribution in [2.75, 3.05) is 6.54 Å². The minimum Gasteiger partial charge on any atom is -0.480 e. The number of carboxylic acids is 1. The number of rotatable bonds is 1. The zero-order valence-corrected chi connectivity index (χ0v) is 6.66. The van der Waals surface area contributed by atoms with Gasteiger partial charge in [0, 0.05) is 6.54 Å². The van der Waals surface area contributed by atoms with E-state index in [2.05, 4.69) is 11.4 Å². The van der Waals surface area contributed by atoms with Crippen molar-refractivity contribution in [2.24, 2.45) is 5.92 Å². The molecule has 1 aliphatic heterocycles. The van der Waals surface area contributed by atoms with Crippen molar-refractivity contribution in [2.45, 2.75) is 12.5 Å². The molecule has 2 atom stereocenters. The molecule has 2 aliphatic rings. The highest BCUT2D eigenvalue weighted by atomic mass is 16.4. The molecule has 1 fully saturated rings. The van der Waals surface area contributed by atoms with Gasteiger partial charge in [-0.05, 0) is 17.9 Å². The van der Waals surface area contributed by atoms with Crippen molar-refractivity contribution in [3.63, 3.8) is 0 Å². The van der Waals surface area contributed by atoms with Crippen molar-refractivity contribution >= 4 is 5.97 Å². The number of carbonyl (C=O) groups is 1. The van der Waals surface area contributed by atoms with Crippen LogP contribution < -0.4 is 5.32 Å². The normalized spacial score (nSPS) is 32.8. The number of carboxylic acid groups (broad SMARTS) is 1. The van der Waals surface area contributed by atoms with Gasteiger partial charge < -0.3 is 10.4 Å². The molecule has 0 spiro atoms. The summed E-state index contributed by atoms with van der Waals surface area (Å²) in [6.45, 7) is 0.799. The van der Waals surface area contributed by atoms with E-state index >= 15 is 0 Å². The maximum absolute atomic E-state index is 10.7. The highest BCUT2D eigenvalue weighted by molar-refractivity contribution is 5.78. The molecule has 2 N–H and O–H groups in total. The second kappa shape index (κ2) is 2.75. The van der Waals surface area contributed by atoms with E-state index in [9.17, 15) is 4.79 Å². The summed E-state index contributed by atoms with van der Waals surface area (Å²) < 4.78 is 0. The Morgan fingerprint density at radius 1 is 1.67 bits per heavy atom. The van der Waals surface area contributed by atoms with E-state index in [1.165, 1.54) is 0 Å². The SMILES string of the molecule is O=C(O)C1NCC2CC=CC=C21.